The largest absolute Gasteiger partial charge is 0.399 e. The number of anilines is 3. The maximum atomic E-state index is 5.84. The van der Waals surface area contributed by atoms with E-state index in [0.717, 1.165) is 28.8 Å². The zero-order valence-corrected chi connectivity index (χ0v) is 11.7. The number of nitrogens with one attached hydrogen (secondary N) is 1. The van der Waals surface area contributed by atoms with Gasteiger partial charge in [-0.3, -0.25) is 0 Å². The summed E-state index contributed by atoms with van der Waals surface area (Å²) < 4.78 is 0. The standard InChI is InChI=1S/C13H15N5S/c1-18(2)12-11-13(17-7-16-12)19-10-4-3-9(14)5-8(10)6-15-11/h3-5,7,15H,6,14H2,1-2H3. The van der Waals surface area contributed by atoms with Crippen molar-refractivity contribution in [3.8, 4) is 0 Å². The Labute approximate surface area is 116 Å². The Morgan fingerprint density at radius 3 is 2.95 bits per heavy atom. The van der Waals surface area contributed by atoms with Crippen LogP contribution in [0.15, 0.2) is 34.4 Å². The van der Waals surface area contributed by atoms with Crippen LogP contribution in [-0.2, 0) is 6.54 Å². The van der Waals surface area contributed by atoms with Crippen molar-refractivity contribution < 1.29 is 0 Å². The number of nitrogens with zero attached hydrogens (tertiary/aromatic N) is 3. The van der Waals surface area contributed by atoms with Crippen molar-refractivity contribution in [1.82, 2.24) is 9.97 Å². The number of benzene rings is 1. The fourth-order valence-electron chi connectivity index (χ4n) is 2.06. The van der Waals surface area contributed by atoms with E-state index < -0.39 is 0 Å². The summed E-state index contributed by atoms with van der Waals surface area (Å²) in [4.78, 5) is 11.9. The molecule has 1 aromatic carbocycles. The van der Waals surface area contributed by atoms with Gasteiger partial charge in [-0.15, -0.1) is 0 Å². The molecule has 0 aliphatic carbocycles. The molecule has 3 rings (SSSR count). The topological polar surface area (TPSA) is 67.1 Å². The van der Waals surface area contributed by atoms with E-state index in [1.165, 1.54) is 10.5 Å². The maximum Gasteiger partial charge on any atom is 0.156 e. The molecule has 5 nitrogen and oxygen atoms in total. The molecule has 1 aliphatic heterocycles. The van der Waals surface area contributed by atoms with Crippen molar-refractivity contribution >= 4 is 29.0 Å². The molecule has 0 spiro atoms. The molecule has 0 fully saturated rings. The number of hydrogen-bond acceptors (Lipinski definition) is 6. The van der Waals surface area contributed by atoms with E-state index in [0.29, 0.717) is 0 Å². The molecular formula is C13H15N5S. The van der Waals surface area contributed by atoms with Crippen LogP contribution < -0.4 is 16.0 Å². The predicted octanol–water partition coefficient (Wildman–Crippen LogP) is 2.20. The number of hydrogen-bond donors (Lipinski definition) is 2. The highest BCUT2D eigenvalue weighted by atomic mass is 32.2. The molecule has 0 atom stereocenters. The molecular weight excluding hydrogens is 258 g/mol. The normalized spacial score (nSPS) is 12.9. The van der Waals surface area contributed by atoms with Gasteiger partial charge >= 0.3 is 0 Å². The second-order valence-corrected chi connectivity index (χ2v) is 5.63. The highest BCUT2D eigenvalue weighted by Crippen LogP contribution is 2.40. The lowest BCUT2D eigenvalue weighted by molar-refractivity contribution is 0.975. The van der Waals surface area contributed by atoms with E-state index in [9.17, 15) is 0 Å². The Kier molecular flexibility index (Phi) is 2.94. The van der Waals surface area contributed by atoms with E-state index in [4.69, 9.17) is 5.73 Å². The van der Waals surface area contributed by atoms with Gasteiger partial charge in [-0.25, -0.2) is 9.97 Å². The van der Waals surface area contributed by atoms with E-state index in [-0.39, 0.29) is 0 Å². The number of aromatic nitrogens is 2. The third-order valence-corrected chi connectivity index (χ3v) is 4.08. The van der Waals surface area contributed by atoms with Crippen LogP contribution in [0.25, 0.3) is 0 Å². The molecule has 19 heavy (non-hydrogen) atoms. The van der Waals surface area contributed by atoms with Crippen molar-refractivity contribution in [2.24, 2.45) is 0 Å². The maximum absolute atomic E-state index is 5.84. The van der Waals surface area contributed by atoms with Gasteiger partial charge in [0, 0.05) is 31.2 Å². The molecule has 98 valence electrons. The van der Waals surface area contributed by atoms with Crippen LogP contribution >= 0.6 is 11.8 Å². The zero-order valence-electron chi connectivity index (χ0n) is 10.8. The first-order valence-electron chi connectivity index (χ1n) is 5.97. The number of fused-ring (bicyclic) bond motifs is 2. The fourth-order valence-corrected chi connectivity index (χ4v) is 3.03. The Morgan fingerprint density at radius 2 is 2.16 bits per heavy atom. The van der Waals surface area contributed by atoms with Gasteiger partial charge in [0.05, 0.1) is 0 Å². The Morgan fingerprint density at radius 1 is 1.32 bits per heavy atom. The lowest BCUT2D eigenvalue weighted by Crippen LogP contribution is -2.14. The van der Waals surface area contributed by atoms with E-state index in [1.54, 1.807) is 18.1 Å². The third kappa shape index (κ3) is 2.19. The first-order chi connectivity index (χ1) is 9.15. The van der Waals surface area contributed by atoms with Gasteiger partial charge in [0.2, 0.25) is 0 Å². The summed E-state index contributed by atoms with van der Waals surface area (Å²) in [7, 11) is 3.95. The lowest BCUT2D eigenvalue weighted by atomic mass is 10.2. The quantitative estimate of drug-likeness (QED) is 0.613. The summed E-state index contributed by atoms with van der Waals surface area (Å²) in [6.45, 7) is 0.731. The first kappa shape index (κ1) is 12.1. The van der Waals surface area contributed by atoms with Gasteiger partial charge in [0.15, 0.2) is 5.82 Å². The first-order valence-corrected chi connectivity index (χ1v) is 6.79. The monoisotopic (exact) mass is 273 g/mol. The summed E-state index contributed by atoms with van der Waals surface area (Å²) in [6.07, 6.45) is 1.60. The van der Waals surface area contributed by atoms with Gasteiger partial charge in [-0.1, -0.05) is 11.8 Å². The summed E-state index contributed by atoms with van der Waals surface area (Å²) in [5.74, 6) is 0.901. The van der Waals surface area contributed by atoms with Crippen LogP contribution in [0.1, 0.15) is 5.56 Å². The SMILES string of the molecule is CN(C)c1ncnc2c1NCc1cc(N)ccc1S2. The van der Waals surface area contributed by atoms with Crippen LogP contribution in [-0.4, -0.2) is 24.1 Å². The second-order valence-electron chi connectivity index (χ2n) is 4.59. The molecule has 2 aromatic rings. The van der Waals surface area contributed by atoms with Crippen molar-refractivity contribution in [2.75, 3.05) is 30.0 Å². The van der Waals surface area contributed by atoms with Crippen LogP contribution in [0.2, 0.25) is 0 Å². The average molecular weight is 273 g/mol. The summed E-state index contributed by atoms with van der Waals surface area (Å²) in [5, 5.41) is 4.36. The molecule has 1 aliphatic rings. The number of nitrogen functional groups attached to an aromatic ring is 1. The number of rotatable bonds is 1. The second kappa shape index (κ2) is 4.62. The summed E-state index contributed by atoms with van der Waals surface area (Å²) in [6, 6.07) is 5.97. The van der Waals surface area contributed by atoms with E-state index >= 15 is 0 Å². The van der Waals surface area contributed by atoms with Crippen molar-refractivity contribution in [3.05, 3.63) is 30.1 Å². The molecule has 0 saturated carbocycles. The van der Waals surface area contributed by atoms with Gasteiger partial charge in [0.1, 0.15) is 17.0 Å². The van der Waals surface area contributed by atoms with Gasteiger partial charge in [-0.05, 0) is 23.8 Å². The average Bonchev–Trinajstić information content (AvgIpc) is 2.57. The van der Waals surface area contributed by atoms with Gasteiger partial charge in [0.25, 0.3) is 0 Å². The smallest absolute Gasteiger partial charge is 0.156 e. The minimum atomic E-state index is 0.731. The van der Waals surface area contributed by atoms with Crippen molar-refractivity contribution in [2.45, 2.75) is 16.5 Å². The summed E-state index contributed by atoms with van der Waals surface area (Å²) >= 11 is 1.65. The highest BCUT2D eigenvalue weighted by Gasteiger charge is 2.19. The minimum absolute atomic E-state index is 0.731. The van der Waals surface area contributed by atoms with Crippen molar-refractivity contribution in [3.63, 3.8) is 0 Å². The molecule has 0 bridgehead atoms. The van der Waals surface area contributed by atoms with Crippen LogP contribution in [0.5, 0.6) is 0 Å². The minimum Gasteiger partial charge on any atom is -0.399 e. The van der Waals surface area contributed by atoms with Crippen LogP contribution in [0.3, 0.4) is 0 Å². The summed E-state index contributed by atoms with van der Waals surface area (Å²) in [5.41, 5.74) is 8.79. The van der Waals surface area contributed by atoms with Crippen molar-refractivity contribution in [1.29, 1.82) is 0 Å². The Bertz CT molecular complexity index is 626. The van der Waals surface area contributed by atoms with Gasteiger partial charge < -0.3 is 16.0 Å². The van der Waals surface area contributed by atoms with Crippen LogP contribution in [0, 0.1) is 0 Å². The molecule has 3 N–H and O–H groups in total. The Balaban J connectivity index is 2.08. The van der Waals surface area contributed by atoms with Gasteiger partial charge in [-0.2, -0.15) is 0 Å². The van der Waals surface area contributed by atoms with E-state index in [1.807, 2.05) is 37.2 Å². The van der Waals surface area contributed by atoms with E-state index in [2.05, 4.69) is 15.3 Å². The zero-order chi connectivity index (χ0) is 13.4. The lowest BCUT2D eigenvalue weighted by Gasteiger charge is -2.17. The molecule has 1 aromatic heterocycles. The number of nitrogens with two attached hydrogens (primary N) is 1. The molecule has 0 radical (unpaired) electrons. The van der Waals surface area contributed by atoms with Crippen LogP contribution in [0.4, 0.5) is 17.2 Å². The fraction of sp³-hybridized carbons (Fsp3) is 0.231. The molecule has 6 heteroatoms. The third-order valence-electron chi connectivity index (χ3n) is 2.96. The molecule has 0 saturated heterocycles. The molecule has 0 amide bonds. The Hall–Kier alpha value is -1.95. The molecule has 2 heterocycles. The molecule has 0 unspecified atom stereocenters. The highest BCUT2D eigenvalue weighted by molar-refractivity contribution is 7.99. The predicted molar refractivity (Wildman–Crippen MR) is 78.7 cm³/mol.